The molecule has 104 valence electrons. The third-order valence-corrected chi connectivity index (χ3v) is 3.96. The van der Waals surface area contributed by atoms with E-state index < -0.39 is 0 Å². The highest BCUT2D eigenvalue weighted by atomic mass is 16.6. The minimum Gasteiger partial charge on any atom is -0.490 e. The van der Waals surface area contributed by atoms with Crippen LogP contribution in [0.1, 0.15) is 40.0 Å². The van der Waals surface area contributed by atoms with Gasteiger partial charge in [-0.1, -0.05) is 30.7 Å². The molecule has 2 atom stereocenters. The van der Waals surface area contributed by atoms with Crippen molar-refractivity contribution in [3.8, 4) is 5.75 Å². The van der Waals surface area contributed by atoms with Crippen LogP contribution in [0.4, 0.5) is 0 Å². The Morgan fingerprint density at radius 1 is 1.37 bits per heavy atom. The molecule has 19 heavy (non-hydrogen) atoms. The van der Waals surface area contributed by atoms with Crippen molar-refractivity contribution in [3.05, 3.63) is 42.0 Å². The van der Waals surface area contributed by atoms with Gasteiger partial charge in [0.2, 0.25) is 0 Å². The summed E-state index contributed by atoms with van der Waals surface area (Å²) < 4.78 is 11.4. The van der Waals surface area contributed by atoms with Crippen molar-refractivity contribution in [2.24, 2.45) is 0 Å². The van der Waals surface area contributed by atoms with E-state index >= 15 is 0 Å². The minimum atomic E-state index is 0.154. The summed E-state index contributed by atoms with van der Waals surface area (Å²) >= 11 is 0. The van der Waals surface area contributed by atoms with Crippen LogP contribution in [-0.2, 0) is 4.74 Å². The van der Waals surface area contributed by atoms with Crippen molar-refractivity contribution in [2.75, 3.05) is 6.61 Å². The third-order valence-electron chi connectivity index (χ3n) is 3.96. The molecule has 0 aliphatic carbocycles. The van der Waals surface area contributed by atoms with Crippen LogP contribution in [0.25, 0.3) is 0 Å². The number of ether oxygens (including phenoxy) is 2. The first-order valence-corrected chi connectivity index (χ1v) is 7.15. The zero-order valence-electron chi connectivity index (χ0n) is 12.2. The van der Waals surface area contributed by atoms with Crippen molar-refractivity contribution in [3.63, 3.8) is 0 Å². The molecule has 2 heteroatoms. The molecule has 0 N–H and O–H groups in total. The van der Waals surface area contributed by atoms with E-state index in [0.717, 1.165) is 25.0 Å². The van der Waals surface area contributed by atoms with Crippen molar-refractivity contribution in [1.29, 1.82) is 0 Å². The monoisotopic (exact) mass is 260 g/mol. The highest BCUT2D eigenvalue weighted by Crippen LogP contribution is 2.42. The van der Waals surface area contributed by atoms with Gasteiger partial charge in [-0.2, -0.15) is 0 Å². The minimum absolute atomic E-state index is 0.154. The number of allylic oxidation sites excluding steroid dienone is 1. The maximum atomic E-state index is 5.72. The lowest BCUT2D eigenvalue weighted by molar-refractivity contribution is 0.300. The normalized spacial score (nSPS) is 26.3. The van der Waals surface area contributed by atoms with Gasteiger partial charge in [0.05, 0.1) is 11.7 Å². The van der Waals surface area contributed by atoms with Crippen LogP contribution in [-0.4, -0.2) is 18.3 Å². The van der Waals surface area contributed by atoms with Crippen LogP contribution in [0.2, 0.25) is 0 Å². The zero-order chi connectivity index (χ0) is 13.7. The largest absolute Gasteiger partial charge is 0.490 e. The molecule has 1 aromatic carbocycles. The average Bonchev–Trinajstić information content (AvgIpc) is 3.09. The Morgan fingerprint density at radius 2 is 2.11 bits per heavy atom. The molecule has 1 heterocycles. The predicted molar refractivity (Wildman–Crippen MR) is 78.5 cm³/mol. The summed E-state index contributed by atoms with van der Waals surface area (Å²) in [6.07, 6.45) is 5.95. The molecule has 0 saturated carbocycles. The van der Waals surface area contributed by atoms with Crippen LogP contribution in [0, 0.1) is 0 Å². The second kappa shape index (κ2) is 6.25. The highest BCUT2D eigenvalue weighted by molar-refractivity contribution is 5.21. The van der Waals surface area contributed by atoms with Gasteiger partial charge in [-0.3, -0.25) is 0 Å². The maximum Gasteiger partial charge on any atom is 0.119 e. The highest BCUT2D eigenvalue weighted by Gasteiger charge is 2.49. The van der Waals surface area contributed by atoms with Crippen LogP contribution in [0.3, 0.4) is 0 Å². The van der Waals surface area contributed by atoms with Crippen LogP contribution in [0.15, 0.2) is 42.0 Å². The fraction of sp³-hybridized carbons (Fsp3) is 0.529. The van der Waals surface area contributed by atoms with Gasteiger partial charge in [-0.15, -0.1) is 0 Å². The molecule has 1 aliphatic rings. The van der Waals surface area contributed by atoms with Gasteiger partial charge in [-0.05, 0) is 51.3 Å². The summed E-state index contributed by atoms with van der Waals surface area (Å²) in [6.45, 7) is 7.21. The molecule has 1 aliphatic heterocycles. The first kappa shape index (κ1) is 14.1. The van der Waals surface area contributed by atoms with Crippen molar-refractivity contribution in [2.45, 2.75) is 51.7 Å². The molecule has 0 radical (unpaired) electrons. The molecular formula is C17H24O2. The first-order chi connectivity index (χ1) is 9.14. The third kappa shape index (κ3) is 4.10. The van der Waals surface area contributed by atoms with E-state index in [1.807, 2.05) is 30.3 Å². The van der Waals surface area contributed by atoms with Gasteiger partial charge in [0.25, 0.3) is 0 Å². The molecule has 1 aromatic rings. The van der Waals surface area contributed by atoms with Crippen molar-refractivity contribution in [1.82, 2.24) is 0 Å². The van der Waals surface area contributed by atoms with E-state index in [9.17, 15) is 0 Å². The van der Waals surface area contributed by atoms with Gasteiger partial charge in [0.15, 0.2) is 0 Å². The van der Waals surface area contributed by atoms with Crippen LogP contribution in [0.5, 0.6) is 5.75 Å². The second-order valence-electron chi connectivity index (χ2n) is 5.49. The Balaban J connectivity index is 1.66. The molecule has 1 fully saturated rings. The van der Waals surface area contributed by atoms with E-state index in [1.54, 1.807) is 0 Å². The van der Waals surface area contributed by atoms with Crippen LogP contribution >= 0.6 is 0 Å². The van der Waals surface area contributed by atoms with E-state index in [2.05, 4.69) is 26.8 Å². The Hall–Kier alpha value is -1.28. The summed E-state index contributed by atoms with van der Waals surface area (Å²) in [7, 11) is 0. The van der Waals surface area contributed by atoms with Crippen molar-refractivity contribution >= 4 is 0 Å². The summed E-state index contributed by atoms with van der Waals surface area (Å²) in [5.41, 5.74) is 1.53. The molecule has 2 unspecified atom stereocenters. The quantitative estimate of drug-likeness (QED) is 0.536. The van der Waals surface area contributed by atoms with E-state index in [1.165, 1.54) is 5.57 Å². The van der Waals surface area contributed by atoms with Crippen LogP contribution < -0.4 is 4.74 Å². The molecule has 2 rings (SSSR count). The van der Waals surface area contributed by atoms with Gasteiger partial charge < -0.3 is 9.47 Å². The Morgan fingerprint density at radius 3 is 2.74 bits per heavy atom. The standard InChI is InChI=1S/C17H24O2/c1-4-17(3)16(19-17)11-10-14(2)12-13-18-15-8-6-5-7-9-15/h5-9,12,16H,4,10-11,13H2,1-3H3. The molecule has 0 amide bonds. The first-order valence-electron chi connectivity index (χ1n) is 7.15. The number of benzene rings is 1. The van der Waals surface area contributed by atoms with Gasteiger partial charge in [0.1, 0.15) is 12.4 Å². The lowest BCUT2D eigenvalue weighted by atomic mass is 9.99. The summed E-state index contributed by atoms with van der Waals surface area (Å²) in [4.78, 5) is 0. The number of hydrogen-bond acceptors (Lipinski definition) is 2. The molecule has 0 spiro atoms. The summed E-state index contributed by atoms with van der Waals surface area (Å²) in [5, 5.41) is 0. The lowest BCUT2D eigenvalue weighted by Gasteiger charge is -2.04. The number of epoxide rings is 1. The predicted octanol–water partition coefficient (Wildman–Crippen LogP) is 4.36. The summed E-state index contributed by atoms with van der Waals surface area (Å²) in [5.74, 6) is 0.927. The smallest absolute Gasteiger partial charge is 0.119 e. The second-order valence-corrected chi connectivity index (χ2v) is 5.49. The zero-order valence-corrected chi connectivity index (χ0v) is 12.2. The fourth-order valence-corrected chi connectivity index (χ4v) is 2.22. The molecular weight excluding hydrogens is 236 g/mol. The maximum absolute atomic E-state index is 5.72. The number of rotatable bonds is 7. The Bertz CT molecular complexity index is 424. The SMILES string of the molecule is CCC1(C)OC1CCC(C)=CCOc1ccccc1. The van der Waals surface area contributed by atoms with E-state index in [4.69, 9.17) is 9.47 Å². The number of hydrogen-bond donors (Lipinski definition) is 0. The molecule has 0 aromatic heterocycles. The molecule has 1 saturated heterocycles. The van der Waals surface area contributed by atoms with E-state index in [-0.39, 0.29) is 5.60 Å². The van der Waals surface area contributed by atoms with Crippen molar-refractivity contribution < 1.29 is 9.47 Å². The van der Waals surface area contributed by atoms with Gasteiger partial charge in [-0.25, -0.2) is 0 Å². The molecule has 0 bridgehead atoms. The summed E-state index contributed by atoms with van der Waals surface area (Å²) in [6, 6.07) is 9.93. The van der Waals surface area contributed by atoms with Gasteiger partial charge in [0, 0.05) is 0 Å². The average molecular weight is 260 g/mol. The van der Waals surface area contributed by atoms with Gasteiger partial charge >= 0.3 is 0 Å². The Labute approximate surface area is 116 Å². The topological polar surface area (TPSA) is 21.8 Å². The molecule has 2 nitrogen and oxygen atoms in total. The van der Waals surface area contributed by atoms with E-state index in [0.29, 0.717) is 12.7 Å². The Kier molecular flexibility index (Phi) is 4.65. The lowest BCUT2D eigenvalue weighted by Crippen LogP contribution is -2.07. The fourth-order valence-electron chi connectivity index (χ4n) is 2.22. The number of para-hydroxylation sites is 1.